The van der Waals surface area contributed by atoms with E-state index in [0.29, 0.717) is 5.56 Å². The molecule has 0 aliphatic carbocycles. The minimum absolute atomic E-state index is 0.550. The van der Waals surface area contributed by atoms with Gasteiger partial charge in [-0.25, -0.2) is 0 Å². The van der Waals surface area contributed by atoms with Crippen LogP contribution >= 0.6 is 0 Å². The van der Waals surface area contributed by atoms with Crippen molar-refractivity contribution >= 4 is 6.29 Å². The van der Waals surface area contributed by atoms with Crippen molar-refractivity contribution < 1.29 is 9.90 Å². The Morgan fingerprint density at radius 2 is 1.57 bits per heavy atom. The fourth-order valence-electron chi connectivity index (χ4n) is 2.75. The minimum Gasteiger partial charge on any atom is -0.389 e. The number of hydrogen-bond acceptors (Lipinski definition) is 3. The molecule has 2 aromatic rings. The molecule has 0 amide bonds. The Hall–Kier alpha value is -1.97. The van der Waals surface area contributed by atoms with Crippen molar-refractivity contribution in [2.45, 2.75) is 32.3 Å². The molecule has 1 heterocycles. The van der Waals surface area contributed by atoms with E-state index in [-0.39, 0.29) is 0 Å². The van der Waals surface area contributed by atoms with Gasteiger partial charge < -0.3 is 10.4 Å². The Labute approximate surface area is 138 Å². The highest BCUT2D eigenvalue weighted by Gasteiger charge is 2.11. The maximum atomic E-state index is 11.0. The van der Waals surface area contributed by atoms with E-state index in [0.717, 1.165) is 23.0 Å². The molecule has 1 fully saturated rings. The van der Waals surface area contributed by atoms with Crippen molar-refractivity contribution in [2.75, 3.05) is 13.1 Å². The fourth-order valence-corrected chi connectivity index (χ4v) is 2.75. The second-order valence-electron chi connectivity index (χ2n) is 5.78. The molecule has 3 nitrogen and oxygen atoms in total. The zero-order chi connectivity index (χ0) is 16.5. The normalized spacial score (nSPS) is 15.2. The average molecular weight is 311 g/mol. The molecule has 1 atom stereocenters. The van der Waals surface area contributed by atoms with Gasteiger partial charge in [0, 0.05) is 5.56 Å². The number of benzene rings is 2. The summed E-state index contributed by atoms with van der Waals surface area (Å²) in [7, 11) is 0. The number of carbonyl (C=O) groups is 1. The summed E-state index contributed by atoms with van der Waals surface area (Å²) in [6, 6.07) is 15.0. The largest absolute Gasteiger partial charge is 0.389 e. The van der Waals surface area contributed by atoms with Crippen LogP contribution in [0.3, 0.4) is 0 Å². The third kappa shape index (κ3) is 5.02. The maximum Gasteiger partial charge on any atom is 0.150 e. The molecule has 122 valence electrons. The molecule has 23 heavy (non-hydrogen) atoms. The van der Waals surface area contributed by atoms with E-state index >= 15 is 0 Å². The molecule has 3 rings (SSSR count). The number of carbonyl (C=O) groups excluding carboxylic acids is 1. The fraction of sp³-hybridized carbons (Fsp3) is 0.350. The van der Waals surface area contributed by atoms with Gasteiger partial charge in [-0.05, 0) is 49.5 Å². The topological polar surface area (TPSA) is 49.3 Å². The van der Waals surface area contributed by atoms with E-state index in [9.17, 15) is 9.90 Å². The summed E-state index contributed by atoms with van der Waals surface area (Å²) in [6.45, 7) is 4.22. The van der Waals surface area contributed by atoms with Gasteiger partial charge in [0.05, 0.1) is 6.10 Å². The standard InChI is InChI=1S/C15H14O2.C5H11N/c1-11(17)13-7-4-5-9-15(13)14-8-3-2-6-12(14)10-16;1-2-4-6-5-3-1/h2-11,17H,1H3;6H,1-5H2. The van der Waals surface area contributed by atoms with Gasteiger partial charge in [-0.15, -0.1) is 0 Å². The molecule has 0 radical (unpaired) electrons. The number of rotatable bonds is 3. The molecule has 3 heteroatoms. The van der Waals surface area contributed by atoms with Crippen molar-refractivity contribution in [1.82, 2.24) is 5.32 Å². The van der Waals surface area contributed by atoms with Crippen molar-refractivity contribution in [3.05, 3.63) is 59.7 Å². The van der Waals surface area contributed by atoms with Crippen LogP contribution in [0, 0.1) is 0 Å². The molecule has 1 aliphatic heterocycles. The first-order chi connectivity index (χ1) is 11.2. The first-order valence-electron chi connectivity index (χ1n) is 8.26. The lowest BCUT2D eigenvalue weighted by Crippen LogP contribution is -2.21. The van der Waals surface area contributed by atoms with E-state index in [4.69, 9.17) is 0 Å². The van der Waals surface area contributed by atoms with E-state index in [1.165, 1.54) is 32.4 Å². The summed E-state index contributed by atoms with van der Waals surface area (Å²) in [5.41, 5.74) is 3.24. The Kier molecular flexibility index (Phi) is 6.98. The highest BCUT2D eigenvalue weighted by molar-refractivity contribution is 5.88. The van der Waals surface area contributed by atoms with Crippen LogP contribution in [0.2, 0.25) is 0 Å². The van der Waals surface area contributed by atoms with Crippen LogP contribution in [0.1, 0.15) is 48.2 Å². The van der Waals surface area contributed by atoms with E-state index in [1.54, 1.807) is 13.0 Å². The highest BCUT2D eigenvalue weighted by atomic mass is 16.3. The zero-order valence-electron chi connectivity index (χ0n) is 13.7. The van der Waals surface area contributed by atoms with Gasteiger partial charge in [-0.3, -0.25) is 4.79 Å². The molecule has 1 aliphatic rings. The molecule has 0 aromatic heterocycles. The second-order valence-corrected chi connectivity index (χ2v) is 5.78. The number of nitrogens with one attached hydrogen (secondary N) is 1. The molecule has 0 spiro atoms. The number of aliphatic hydroxyl groups is 1. The van der Waals surface area contributed by atoms with E-state index in [1.807, 2.05) is 42.5 Å². The predicted octanol–water partition coefficient (Wildman–Crippen LogP) is 3.98. The van der Waals surface area contributed by atoms with Crippen LogP contribution in [-0.4, -0.2) is 24.5 Å². The minimum atomic E-state index is -0.550. The number of piperidine rings is 1. The zero-order valence-corrected chi connectivity index (χ0v) is 13.7. The van der Waals surface area contributed by atoms with Crippen molar-refractivity contribution in [3.8, 4) is 11.1 Å². The van der Waals surface area contributed by atoms with Crippen molar-refractivity contribution in [3.63, 3.8) is 0 Å². The van der Waals surface area contributed by atoms with Gasteiger partial charge in [-0.1, -0.05) is 55.0 Å². The lowest BCUT2D eigenvalue weighted by molar-refractivity contribution is 0.112. The first kappa shape index (κ1) is 17.4. The van der Waals surface area contributed by atoms with Crippen LogP contribution < -0.4 is 5.32 Å². The SMILES string of the molecule is C1CCNCC1.CC(O)c1ccccc1-c1ccccc1C=O. The highest BCUT2D eigenvalue weighted by Crippen LogP contribution is 2.29. The smallest absolute Gasteiger partial charge is 0.150 e. The lowest BCUT2D eigenvalue weighted by Gasteiger charge is -2.13. The third-order valence-electron chi connectivity index (χ3n) is 4.00. The summed E-state index contributed by atoms with van der Waals surface area (Å²) in [5.74, 6) is 0. The van der Waals surface area contributed by atoms with Crippen LogP contribution in [0.5, 0.6) is 0 Å². The van der Waals surface area contributed by atoms with E-state index < -0.39 is 6.10 Å². The van der Waals surface area contributed by atoms with Crippen LogP contribution in [0.15, 0.2) is 48.5 Å². The Morgan fingerprint density at radius 3 is 2.09 bits per heavy atom. The van der Waals surface area contributed by atoms with Gasteiger partial charge in [0.2, 0.25) is 0 Å². The van der Waals surface area contributed by atoms with Crippen LogP contribution in [0.25, 0.3) is 11.1 Å². The molecule has 1 unspecified atom stereocenters. The molecular weight excluding hydrogens is 286 g/mol. The van der Waals surface area contributed by atoms with Gasteiger partial charge in [0.25, 0.3) is 0 Å². The van der Waals surface area contributed by atoms with E-state index in [2.05, 4.69) is 5.32 Å². The Bertz CT molecular complexity index is 607. The predicted molar refractivity (Wildman–Crippen MR) is 94.6 cm³/mol. The van der Waals surface area contributed by atoms with Crippen molar-refractivity contribution in [1.29, 1.82) is 0 Å². The third-order valence-corrected chi connectivity index (χ3v) is 4.00. The summed E-state index contributed by atoms with van der Waals surface area (Å²) >= 11 is 0. The molecule has 0 bridgehead atoms. The molecule has 2 N–H and O–H groups in total. The van der Waals surface area contributed by atoms with Gasteiger partial charge >= 0.3 is 0 Å². The maximum absolute atomic E-state index is 11.0. The first-order valence-corrected chi connectivity index (χ1v) is 8.26. The summed E-state index contributed by atoms with van der Waals surface area (Å²) in [6.07, 6.45) is 4.51. The number of hydrogen-bond donors (Lipinski definition) is 2. The number of aliphatic hydroxyl groups excluding tert-OH is 1. The van der Waals surface area contributed by atoms with Crippen LogP contribution in [0.4, 0.5) is 0 Å². The Morgan fingerprint density at radius 1 is 0.957 bits per heavy atom. The quantitative estimate of drug-likeness (QED) is 0.843. The molecule has 0 saturated carbocycles. The van der Waals surface area contributed by atoms with Crippen molar-refractivity contribution in [2.24, 2.45) is 0 Å². The lowest BCUT2D eigenvalue weighted by atomic mass is 9.94. The summed E-state index contributed by atoms with van der Waals surface area (Å²) < 4.78 is 0. The molecular formula is C20H25NO2. The van der Waals surface area contributed by atoms with Crippen LogP contribution in [-0.2, 0) is 0 Å². The summed E-state index contributed by atoms with van der Waals surface area (Å²) in [4.78, 5) is 11.0. The van der Waals surface area contributed by atoms with Gasteiger partial charge in [0.1, 0.15) is 0 Å². The van der Waals surface area contributed by atoms with Gasteiger partial charge in [0.15, 0.2) is 6.29 Å². The second kappa shape index (κ2) is 9.23. The Balaban J connectivity index is 0.000000268. The van der Waals surface area contributed by atoms with Gasteiger partial charge in [-0.2, -0.15) is 0 Å². The summed E-state index contributed by atoms with van der Waals surface area (Å²) in [5, 5.41) is 13.0. The average Bonchev–Trinajstić information content (AvgIpc) is 2.63. The monoisotopic (exact) mass is 311 g/mol. The number of aldehydes is 1. The molecule has 1 saturated heterocycles. The molecule has 2 aromatic carbocycles.